The molecule has 2 rings (SSSR count). The average molecular weight is 413 g/mol. The molecule has 0 spiro atoms. The highest BCUT2D eigenvalue weighted by Gasteiger charge is 2.12. The number of H-pyrrole nitrogens is 2. The van der Waals surface area contributed by atoms with Gasteiger partial charge in [0.25, 0.3) is 11.1 Å². The Morgan fingerprint density at radius 2 is 1.48 bits per heavy atom. The molecule has 9 heteroatoms. The number of nitrogens with one attached hydrogen (secondary N) is 2. The molecular formula is C16H17BrN2O6. The van der Waals surface area contributed by atoms with Crippen LogP contribution in [-0.4, -0.2) is 36.1 Å². The minimum atomic E-state index is -0.566. The highest BCUT2D eigenvalue weighted by atomic mass is 79.9. The van der Waals surface area contributed by atoms with Crippen LogP contribution in [0, 0.1) is 13.8 Å². The molecule has 8 nitrogen and oxygen atoms in total. The molecule has 0 radical (unpaired) electrons. The van der Waals surface area contributed by atoms with E-state index in [1.54, 1.807) is 26.0 Å². The number of methoxy groups -OCH3 is 2. The second-order valence-corrected chi connectivity index (χ2v) is 5.73. The Morgan fingerprint density at radius 1 is 0.920 bits per heavy atom. The zero-order valence-electron chi connectivity index (χ0n) is 14.1. The smallest absolute Gasteiger partial charge is 0.355 e. The van der Waals surface area contributed by atoms with Crippen LogP contribution in [0.25, 0.3) is 0 Å². The maximum atomic E-state index is 11.1. The molecule has 0 bridgehead atoms. The van der Waals surface area contributed by atoms with E-state index >= 15 is 0 Å². The summed E-state index contributed by atoms with van der Waals surface area (Å²) in [4.78, 5) is 48.9. The number of halogens is 1. The Balaban J connectivity index is 0.000000251. The predicted octanol–water partition coefficient (Wildman–Crippen LogP) is 1.70. The summed E-state index contributed by atoms with van der Waals surface area (Å²) < 4.78 is 9.42. The first-order chi connectivity index (χ1) is 11.7. The molecule has 2 aromatic heterocycles. The summed E-state index contributed by atoms with van der Waals surface area (Å²) in [7, 11) is 2.52. The number of rotatable bonds is 2. The molecule has 0 aromatic carbocycles. The van der Waals surface area contributed by atoms with Crippen molar-refractivity contribution in [3.8, 4) is 0 Å². The third kappa shape index (κ3) is 5.42. The Hall–Kier alpha value is -2.68. The molecule has 0 aliphatic rings. The maximum Gasteiger partial charge on any atom is 0.355 e. The van der Waals surface area contributed by atoms with Crippen LogP contribution >= 0.6 is 15.9 Å². The molecule has 2 heterocycles. The summed E-state index contributed by atoms with van der Waals surface area (Å²) >= 11 is 3.15. The Labute approximate surface area is 151 Å². The monoisotopic (exact) mass is 412 g/mol. The van der Waals surface area contributed by atoms with E-state index < -0.39 is 11.9 Å². The fourth-order valence-electron chi connectivity index (χ4n) is 1.63. The van der Waals surface area contributed by atoms with Gasteiger partial charge in [0.1, 0.15) is 11.4 Å². The zero-order valence-corrected chi connectivity index (χ0v) is 15.6. The predicted molar refractivity (Wildman–Crippen MR) is 94.0 cm³/mol. The summed E-state index contributed by atoms with van der Waals surface area (Å²) in [6.45, 7) is 3.32. The minimum Gasteiger partial charge on any atom is -0.464 e. The number of hydrogen-bond donors (Lipinski definition) is 2. The van der Waals surface area contributed by atoms with E-state index in [4.69, 9.17) is 0 Å². The molecular weight excluding hydrogens is 396 g/mol. The zero-order chi connectivity index (χ0) is 19.1. The number of carbonyl (C=O) groups excluding carboxylic acids is 2. The van der Waals surface area contributed by atoms with Gasteiger partial charge in [0.05, 0.1) is 14.2 Å². The summed E-state index contributed by atoms with van der Waals surface area (Å²) in [6.07, 6.45) is 0. The number of aromatic nitrogens is 2. The van der Waals surface area contributed by atoms with Crippen LogP contribution in [0.2, 0.25) is 0 Å². The van der Waals surface area contributed by atoms with Gasteiger partial charge in [-0.25, -0.2) is 9.59 Å². The third-order valence-corrected chi connectivity index (χ3v) is 3.71. The second kappa shape index (κ2) is 8.97. The summed E-state index contributed by atoms with van der Waals surface area (Å²) in [5.41, 5.74) is 0.870. The first kappa shape index (κ1) is 20.4. The fraction of sp³-hybridized carbons (Fsp3) is 0.250. The van der Waals surface area contributed by atoms with Crippen LogP contribution in [0.3, 0.4) is 0 Å². The molecule has 0 fully saturated rings. The SMILES string of the molecule is COC(=O)c1[nH]c(=O)c(C)cc1Br.COC(=O)c1ccc(C)c(=O)[nH]1. The van der Waals surface area contributed by atoms with E-state index in [0.29, 0.717) is 15.6 Å². The van der Waals surface area contributed by atoms with Gasteiger partial charge in [-0.3, -0.25) is 9.59 Å². The van der Waals surface area contributed by atoms with Crippen molar-refractivity contribution in [3.05, 3.63) is 65.9 Å². The average Bonchev–Trinajstić information content (AvgIpc) is 2.59. The molecule has 25 heavy (non-hydrogen) atoms. The van der Waals surface area contributed by atoms with Crippen molar-refractivity contribution in [2.75, 3.05) is 14.2 Å². The summed E-state index contributed by atoms with van der Waals surface area (Å²) in [5.74, 6) is -1.10. The van der Waals surface area contributed by atoms with Crippen LogP contribution in [0.15, 0.2) is 32.3 Å². The van der Waals surface area contributed by atoms with E-state index in [9.17, 15) is 19.2 Å². The van der Waals surface area contributed by atoms with Gasteiger partial charge in [-0.05, 0) is 41.9 Å². The Bertz CT molecular complexity index is 900. The second-order valence-electron chi connectivity index (χ2n) is 4.87. The molecule has 2 N–H and O–H groups in total. The van der Waals surface area contributed by atoms with Gasteiger partial charge < -0.3 is 19.4 Å². The number of hydrogen-bond acceptors (Lipinski definition) is 6. The van der Waals surface area contributed by atoms with Gasteiger partial charge in [-0.15, -0.1) is 0 Å². The topological polar surface area (TPSA) is 118 Å². The third-order valence-electron chi connectivity index (χ3n) is 3.08. The van der Waals surface area contributed by atoms with Crippen LogP contribution in [0.4, 0.5) is 0 Å². The Kier molecular flexibility index (Phi) is 7.31. The molecule has 134 valence electrons. The lowest BCUT2D eigenvalue weighted by molar-refractivity contribution is 0.0584. The normalized spacial score (nSPS) is 9.64. The van der Waals surface area contributed by atoms with Crippen molar-refractivity contribution in [2.45, 2.75) is 13.8 Å². The standard InChI is InChI=1S/C8H8BrNO3.C8H9NO3/c1-4-3-5(9)6(8(12)13-2)10-7(4)11;1-5-3-4-6(8(11)12-2)9-7(5)10/h3H,1-2H3,(H,10,11);3-4H,1-2H3,(H,9,10). The van der Waals surface area contributed by atoms with Crippen molar-refractivity contribution in [3.63, 3.8) is 0 Å². The van der Waals surface area contributed by atoms with Crippen molar-refractivity contribution >= 4 is 27.9 Å². The van der Waals surface area contributed by atoms with Gasteiger partial charge >= 0.3 is 11.9 Å². The number of pyridine rings is 2. The summed E-state index contributed by atoms with van der Waals surface area (Å²) in [5, 5.41) is 0. The highest BCUT2D eigenvalue weighted by molar-refractivity contribution is 9.10. The largest absolute Gasteiger partial charge is 0.464 e. The highest BCUT2D eigenvalue weighted by Crippen LogP contribution is 2.14. The van der Waals surface area contributed by atoms with E-state index in [0.717, 1.165) is 0 Å². The fourth-order valence-corrected chi connectivity index (χ4v) is 2.23. The van der Waals surface area contributed by atoms with Crippen molar-refractivity contribution in [1.82, 2.24) is 9.97 Å². The molecule has 0 unspecified atom stereocenters. The molecule has 0 amide bonds. The lowest BCUT2D eigenvalue weighted by atomic mass is 10.3. The van der Waals surface area contributed by atoms with Crippen LogP contribution in [0.1, 0.15) is 32.1 Å². The number of aromatic amines is 2. The van der Waals surface area contributed by atoms with E-state index in [1.807, 2.05) is 0 Å². The van der Waals surface area contributed by atoms with E-state index in [-0.39, 0.29) is 22.5 Å². The maximum absolute atomic E-state index is 11.1. The van der Waals surface area contributed by atoms with Gasteiger partial charge in [0.15, 0.2) is 0 Å². The van der Waals surface area contributed by atoms with E-state index in [1.165, 1.54) is 20.3 Å². The van der Waals surface area contributed by atoms with Crippen LogP contribution in [-0.2, 0) is 9.47 Å². The molecule has 0 saturated carbocycles. The number of ether oxygens (including phenoxy) is 2. The lowest BCUT2D eigenvalue weighted by Gasteiger charge is -2.02. The first-order valence-corrected chi connectivity index (χ1v) is 7.76. The molecule has 0 atom stereocenters. The van der Waals surface area contributed by atoms with Crippen molar-refractivity contribution in [2.24, 2.45) is 0 Å². The van der Waals surface area contributed by atoms with Crippen LogP contribution < -0.4 is 11.1 Å². The van der Waals surface area contributed by atoms with Gasteiger partial charge in [0, 0.05) is 15.6 Å². The van der Waals surface area contributed by atoms with E-state index in [2.05, 4.69) is 35.4 Å². The Morgan fingerprint density at radius 3 is 2.00 bits per heavy atom. The van der Waals surface area contributed by atoms with Gasteiger partial charge in [0.2, 0.25) is 0 Å². The quantitative estimate of drug-likeness (QED) is 0.724. The first-order valence-electron chi connectivity index (χ1n) is 6.97. The molecule has 0 saturated heterocycles. The number of carbonyl (C=O) groups is 2. The number of esters is 2. The van der Waals surface area contributed by atoms with Crippen LogP contribution in [0.5, 0.6) is 0 Å². The van der Waals surface area contributed by atoms with Crippen molar-refractivity contribution in [1.29, 1.82) is 0 Å². The molecule has 0 aliphatic heterocycles. The van der Waals surface area contributed by atoms with Gasteiger partial charge in [-0.2, -0.15) is 0 Å². The number of aryl methyl sites for hydroxylation is 2. The minimum absolute atomic E-state index is 0.137. The lowest BCUT2D eigenvalue weighted by Crippen LogP contribution is -2.16. The summed E-state index contributed by atoms with van der Waals surface area (Å²) in [6, 6.07) is 4.67. The molecule has 2 aromatic rings. The van der Waals surface area contributed by atoms with Gasteiger partial charge in [-0.1, -0.05) is 6.07 Å². The molecule has 0 aliphatic carbocycles. The van der Waals surface area contributed by atoms with Crippen molar-refractivity contribution < 1.29 is 19.1 Å².